The first-order chi connectivity index (χ1) is 16.0. The summed E-state index contributed by atoms with van der Waals surface area (Å²) in [5.41, 5.74) is 8.70. The van der Waals surface area contributed by atoms with Gasteiger partial charge in [-0.15, -0.1) is 0 Å². The molecule has 0 aliphatic carbocycles. The number of aromatic nitrogens is 1. The summed E-state index contributed by atoms with van der Waals surface area (Å²) in [5.74, 6) is 0.475. The maximum atomic E-state index is 8.12. The normalized spacial score (nSPS) is 11.4. The SMILES string of the molecule is [C-]#[N+]c1c(-c2ccccc2)c(CC(C)C)cc2c1oc1c(-c3cccc[n+]3C)c(C)ccc12. The number of rotatable bonds is 4. The standard InChI is InChI=1S/C30H27N2O/c1-19(2)17-22-18-24-23-15-14-20(3)26(25-13-9-10-16-32(25)5)29(23)33-30(24)28(31-4)27(22)21-11-7-6-8-12-21/h6-16,18-19H,17H2,1-3,5H3/q+1. The first kappa shape index (κ1) is 21.0. The lowest BCUT2D eigenvalue weighted by Gasteiger charge is -2.14. The van der Waals surface area contributed by atoms with Gasteiger partial charge in [-0.1, -0.05) is 56.3 Å². The molecule has 162 valence electrons. The summed E-state index contributed by atoms with van der Waals surface area (Å²) in [6, 6.07) is 23.0. The average molecular weight is 432 g/mol. The highest BCUT2D eigenvalue weighted by molar-refractivity contribution is 6.15. The number of nitrogens with zero attached hydrogens (tertiary/aromatic N) is 2. The fraction of sp³-hybridized carbons (Fsp3) is 0.200. The number of benzene rings is 3. The van der Waals surface area contributed by atoms with Crippen LogP contribution in [0.2, 0.25) is 0 Å². The molecule has 0 unspecified atom stereocenters. The van der Waals surface area contributed by atoms with Crippen molar-refractivity contribution >= 4 is 27.6 Å². The Morgan fingerprint density at radius 3 is 2.36 bits per heavy atom. The highest BCUT2D eigenvalue weighted by Crippen LogP contribution is 2.46. The molecule has 0 fully saturated rings. The van der Waals surface area contributed by atoms with Crippen LogP contribution in [0.4, 0.5) is 5.69 Å². The predicted octanol–water partition coefficient (Wildman–Crippen LogP) is 7.80. The molecule has 0 spiro atoms. The van der Waals surface area contributed by atoms with Gasteiger partial charge in [0.15, 0.2) is 6.20 Å². The second-order valence-corrected chi connectivity index (χ2v) is 9.14. The van der Waals surface area contributed by atoms with Gasteiger partial charge in [-0.2, -0.15) is 0 Å². The first-order valence-corrected chi connectivity index (χ1v) is 11.4. The van der Waals surface area contributed by atoms with Crippen molar-refractivity contribution < 1.29 is 8.98 Å². The zero-order valence-corrected chi connectivity index (χ0v) is 19.5. The minimum Gasteiger partial charge on any atom is -0.466 e. The lowest BCUT2D eigenvalue weighted by atomic mass is 9.90. The van der Waals surface area contributed by atoms with E-state index in [0.717, 1.165) is 50.7 Å². The molecule has 0 atom stereocenters. The van der Waals surface area contributed by atoms with Crippen molar-refractivity contribution in [3.05, 3.63) is 95.5 Å². The van der Waals surface area contributed by atoms with Gasteiger partial charge in [-0.3, -0.25) is 0 Å². The Bertz CT molecular complexity index is 1540. The van der Waals surface area contributed by atoms with E-state index in [4.69, 9.17) is 11.0 Å². The molecule has 2 heterocycles. The fourth-order valence-corrected chi connectivity index (χ4v) is 4.85. The van der Waals surface area contributed by atoms with E-state index in [-0.39, 0.29) is 0 Å². The molecule has 0 saturated carbocycles. The van der Waals surface area contributed by atoms with Gasteiger partial charge in [0, 0.05) is 22.9 Å². The molecule has 2 aromatic heterocycles. The Balaban J connectivity index is 1.92. The molecule has 5 aromatic rings. The Labute approximate surface area is 194 Å². The summed E-state index contributed by atoms with van der Waals surface area (Å²) in [4.78, 5) is 4.03. The van der Waals surface area contributed by atoms with E-state index < -0.39 is 0 Å². The molecule has 0 bridgehead atoms. The summed E-state index contributed by atoms with van der Waals surface area (Å²) in [6.07, 6.45) is 2.96. The highest BCUT2D eigenvalue weighted by atomic mass is 16.3. The van der Waals surface area contributed by atoms with Gasteiger partial charge in [0.25, 0.3) is 0 Å². The van der Waals surface area contributed by atoms with Crippen LogP contribution in [-0.4, -0.2) is 0 Å². The van der Waals surface area contributed by atoms with Gasteiger partial charge < -0.3 is 4.42 Å². The van der Waals surface area contributed by atoms with Crippen LogP contribution in [0, 0.1) is 19.4 Å². The molecule has 0 saturated heterocycles. The van der Waals surface area contributed by atoms with Crippen LogP contribution in [0.25, 0.3) is 49.2 Å². The topological polar surface area (TPSA) is 21.4 Å². The van der Waals surface area contributed by atoms with Crippen molar-refractivity contribution in [1.82, 2.24) is 0 Å². The van der Waals surface area contributed by atoms with Crippen molar-refractivity contribution in [3.8, 4) is 22.4 Å². The molecule has 0 aliphatic rings. The lowest BCUT2D eigenvalue weighted by molar-refractivity contribution is -0.660. The number of hydrogen-bond donors (Lipinski definition) is 0. The van der Waals surface area contributed by atoms with Crippen molar-refractivity contribution in [1.29, 1.82) is 0 Å². The van der Waals surface area contributed by atoms with Crippen molar-refractivity contribution in [2.45, 2.75) is 27.2 Å². The lowest BCUT2D eigenvalue weighted by Crippen LogP contribution is -2.30. The van der Waals surface area contributed by atoms with Crippen LogP contribution >= 0.6 is 0 Å². The van der Waals surface area contributed by atoms with Gasteiger partial charge in [0.1, 0.15) is 18.2 Å². The summed E-state index contributed by atoms with van der Waals surface area (Å²) in [6.45, 7) is 14.7. The minimum absolute atomic E-state index is 0.475. The van der Waals surface area contributed by atoms with E-state index in [1.54, 1.807) is 0 Å². The second kappa shape index (κ2) is 8.22. The Kier molecular flexibility index (Phi) is 5.23. The second-order valence-electron chi connectivity index (χ2n) is 9.14. The molecule has 3 heteroatoms. The van der Waals surface area contributed by atoms with Crippen LogP contribution < -0.4 is 4.57 Å². The summed E-state index contributed by atoms with van der Waals surface area (Å²) in [7, 11) is 2.05. The molecule has 0 N–H and O–H groups in total. The molecule has 3 nitrogen and oxygen atoms in total. The van der Waals surface area contributed by atoms with Crippen molar-refractivity contribution in [2.24, 2.45) is 13.0 Å². The minimum atomic E-state index is 0.475. The third-order valence-corrected chi connectivity index (χ3v) is 6.31. The molecule has 0 amide bonds. The van der Waals surface area contributed by atoms with Crippen LogP contribution in [-0.2, 0) is 13.5 Å². The van der Waals surface area contributed by atoms with E-state index >= 15 is 0 Å². The Morgan fingerprint density at radius 2 is 1.67 bits per heavy atom. The van der Waals surface area contributed by atoms with Crippen LogP contribution in [0.5, 0.6) is 0 Å². The van der Waals surface area contributed by atoms with E-state index in [0.29, 0.717) is 17.2 Å². The zero-order chi connectivity index (χ0) is 23.1. The predicted molar refractivity (Wildman–Crippen MR) is 135 cm³/mol. The maximum Gasteiger partial charge on any atom is 0.237 e. The van der Waals surface area contributed by atoms with Crippen LogP contribution in [0.3, 0.4) is 0 Å². The van der Waals surface area contributed by atoms with E-state index in [1.807, 2.05) is 24.3 Å². The van der Waals surface area contributed by atoms with Crippen molar-refractivity contribution in [2.75, 3.05) is 0 Å². The smallest absolute Gasteiger partial charge is 0.237 e. The molecular formula is C30H27N2O+. The van der Waals surface area contributed by atoms with Crippen LogP contribution in [0.15, 0.2) is 77.3 Å². The van der Waals surface area contributed by atoms with E-state index in [2.05, 4.69) is 85.9 Å². The first-order valence-electron chi connectivity index (χ1n) is 11.4. The average Bonchev–Trinajstić information content (AvgIpc) is 3.17. The Hall–Kier alpha value is -3.90. The maximum absolute atomic E-state index is 8.12. The van der Waals surface area contributed by atoms with Gasteiger partial charge in [0.05, 0.1) is 12.1 Å². The fourth-order valence-electron chi connectivity index (χ4n) is 4.85. The zero-order valence-electron chi connectivity index (χ0n) is 19.5. The number of pyridine rings is 1. The third kappa shape index (κ3) is 3.49. The monoisotopic (exact) mass is 431 g/mol. The molecule has 0 radical (unpaired) electrons. The largest absolute Gasteiger partial charge is 0.466 e. The molecule has 3 aromatic carbocycles. The number of furan rings is 1. The summed E-state index contributed by atoms with van der Waals surface area (Å²) >= 11 is 0. The molecule has 33 heavy (non-hydrogen) atoms. The van der Waals surface area contributed by atoms with Gasteiger partial charge in [-0.25, -0.2) is 9.41 Å². The Morgan fingerprint density at radius 1 is 0.909 bits per heavy atom. The van der Waals surface area contributed by atoms with E-state index in [9.17, 15) is 0 Å². The quantitative estimate of drug-likeness (QED) is 0.210. The van der Waals surface area contributed by atoms with Crippen LogP contribution in [0.1, 0.15) is 25.0 Å². The highest BCUT2D eigenvalue weighted by Gasteiger charge is 2.24. The molecular weight excluding hydrogens is 404 g/mol. The summed E-state index contributed by atoms with van der Waals surface area (Å²) in [5, 5.41) is 2.08. The number of hydrogen-bond acceptors (Lipinski definition) is 1. The van der Waals surface area contributed by atoms with Gasteiger partial charge >= 0.3 is 0 Å². The van der Waals surface area contributed by atoms with E-state index in [1.165, 1.54) is 5.56 Å². The number of aryl methyl sites for hydroxylation is 2. The molecule has 0 aliphatic heterocycles. The summed E-state index contributed by atoms with van der Waals surface area (Å²) < 4.78 is 8.71. The third-order valence-electron chi connectivity index (χ3n) is 6.31. The van der Waals surface area contributed by atoms with Crippen molar-refractivity contribution in [3.63, 3.8) is 0 Å². The van der Waals surface area contributed by atoms with Gasteiger partial charge in [-0.05, 0) is 53.6 Å². The number of fused-ring (bicyclic) bond motifs is 3. The van der Waals surface area contributed by atoms with Gasteiger partial charge in [0.2, 0.25) is 11.4 Å². The molecule has 5 rings (SSSR count).